The van der Waals surface area contributed by atoms with E-state index in [0.717, 1.165) is 16.3 Å². The zero-order chi connectivity index (χ0) is 13.5. The van der Waals surface area contributed by atoms with E-state index in [1.165, 1.54) is 0 Å². The molecule has 0 spiro atoms. The summed E-state index contributed by atoms with van der Waals surface area (Å²) in [5.74, 6) is 2.30. The average molecular weight is 255 g/mol. The fourth-order valence-electron chi connectivity index (χ4n) is 1.47. The van der Waals surface area contributed by atoms with Gasteiger partial charge in [0.1, 0.15) is 6.10 Å². The van der Waals surface area contributed by atoms with Gasteiger partial charge in [0.25, 0.3) is 0 Å². The van der Waals surface area contributed by atoms with Gasteiger partial charge in [0.05, 0.1) is 0 Å². The van der Waals surface area contributed by atoms with Gasteiger partial charge in [-0.25, -0.2) is 0 Å². The molecule has 0 saturated carbocycles. The third kappa shape index (κ3) is 4.36. The maximum atomic E-state index is 9.45. The van der Waals surface area contributed by atoms with E-state index in [0.29, 0.717) is 0 Å². The Bertz CT molecular complexity index is 537. The second-order valence-electron chi connectivity index (χ2n) is 4.68. The van der Waals surface area contributed by atoms with Crippen molar-refractivity contribution in [2.75, 3.05) is 0 Å². The Kier molecular flexibility index (Phi) is 5.64. The summed E-state index contributed by atoms with van der Waals surface area (Å²) in [5.41, 5.74) is 0.770. The number of aliphatic hydroxyl groups excluding tert-OH is 1. The van der Waals surface area contributed by atoms with Crippen LogP contribution in [0, 0.1) is 12.3 Å². The topological polar surface area (TPSA) is 20.2 Å². The van der Waals surface area contributed by atoms with Gasteiger partial charge < -0.3 is 5.11 Å². The van der Waals surface area contributed by atoms with Crippen LogP contribution in [0.1, 0.15) is 11.7 Å². The highest BCUT2D eigenvalue weighted by atomic mass is 28.3. The van der Waals surface area contributed by atoms with Gasteiger partial charge in [-0.15, -0.1) is 6.42 Å². The summed E-state index contributed by atoms with van der Waals surface area (Å²) in [6.07, 6.45) is 4.34. The first-order valence-electron chi connectivity index (χ1n) is 5.94. The van der Waals surface area contributed by atoms with Crippen molar-refractivity contribution in [2.24, 2.45) is 0 Å². The molecule has 0 aliphatic heterocycles. The van der Waals surface area contributed by atoms with E-state index in [9.17, 15) is 5.11 Å². The molecule has 0 heterocycles. The third-order valence-corrected chi connectivity index (χ3v) is 2.25. The molecule has 18 heavy (non-hydrogen) atoms. The molecular formula is C16H19OSi. The van der Waals surface area contributed by atoms with Gasteiger partial charge in [0.15, 0.2) is 0 Å². The van der Waals surface area contributed by atoms with Crippen LogP contribution in [0.3, 0.4) is 0 Å². The molecule has 0 saturated heterocycles. The lowest BCUT2D eigenvalue weighted by molar-refractivity contribution is 0.239. The monoisotopic (exact) mass is 255 g/mol. The number of fused-ring (bicyclic) bond motifs is 1. The van der Waals surface area contributed by atoms with Crippen molar-refractivity contribution >= 4 is 19.6 Å². The maximum Gasteiger partial charge on any atom is 0.140 e. The summed E-state index contributed by atoms with van der Waals surface area (Å²) in [5, 5.41) is 11.7. The van der Waals surface area contributed by atoms with E-state index < -0.39 is 6.10 Å². The molecule has 0 aliphatic rings. The number of benzene rings is 2. The fourth-order valence-corrected chi connectivity index (χ4v) is 1.47. The Morgan fingerprint density at radius 3 is 2.17 bits per heavy atom. The number of aliphatic hydroxyl groups is 1. The van der Waals surface area contributed by atoms with Crippen LogP contribution >= 0.6 is 0 Å². The van der Waals surface area contributed by atoms with Crippen LogP contribution in [0.2, 0.25) is 19.6 Å². The molecule has 1 unspecified atom stereocenters. The molecule has 2 aromatic rings. The quantitative estimate of drug-likeness (QED) is 0.605. The van der Waals surface area contributed by atoms with Crippen molar-refractivity contribution in [3.05, 3.63) is 48.0 Å². The van der Waals surface area contributed by atoms with E-state index in [-0.39, 0.29) is 8.80 Å². The Labute approximate surface area is 111 Å². The van der Waals surface area contributed by atoms with E-state index in [1.54, 1.807) is 0 Å². The first kappa shape index (κ1) is 14.5. The molecule has 2 rings (SSSR count). The SMILES string of the molecule is C#CC(O)c1ccc2ccccc2c1.C[Si](C)C. The van der Waals surface area contributed by atoms with Gasteiger partial charge in [0, 0.05) is 8.80 Å². The lowest BCUT2D eigenvalue weighted by Crippen LogP contribution is -1.92. The number of hydrogen-bond acceptors (Lipinski definition) is 1. The van der Waals surface area contributed by atoms with Gasteiger partial charge >= 0.3 is 0 Å². The van der Waals surface area contributed by atoms with Gasteiger partial charge in [-0.3, -0.25) is 0 Å². The predicted molar refractivity (Wildman–Crippen MR) is 81.1 cm³/mol. The minimum absolute atomic E-state index is 0.120. The largest absolute Gasteiger partial charge is 0.376 e. The van der Waals surface area contributed by atoms with Gasteiger partial charge in [0.2, 0.25) is 0 Å². The van der Waals surface area contributed by atoms with Crippen molar-refractivity contribution in [1.29, 1.82) is 0 Å². The molecule has 0 aliphatic carbocycles. The van der Waals surface area contributed by atoms with Crippen LogP contribution in [-0.4, -0.2) is 13.9 Å². The zero-order valence-electron chi connectivity index (χ0n) is 11.1. The number of terminal acetylenes is 1. The molecule has 1 radical (unpaired) electrons. The van der Waals surface area contributed by atoms with E-state index in [2.05, 4.69) is 25.6 Å². The number of rotatable bonds is 1. The fraction of sp³-hybridized carbons (Fsp3) is 0.250. The predicted octanol–water partition coefficient (Wildman–Crippen LogP) is 3.88. The highest BCUT2D eigenvalue weighted by Crippen LogP contribution is 2.19. The first-order valence-corrected chi connectivity index (χ1v) is 8.94. The van der Waals surface area contributed by atoms with Crippen LogP contribution < -0.4 is 0 Å². The highest BCUT2D eigenvalue weighted by Gasteiger charge is 2.03. The summed E-state index contributed by atoms with van der Waals surface area (Å²) in [7, 11) is 0.120. The summed E-state index contributed by atoms with van der Waals surface area (Å²) in [6.45, 7) is 6.81. The van der Waals surface area contributed by atoms with Crippen LogP contribution in [0.15, 0.2) is 42.5 Å². The van der Waals surface area contributed by atoms with Crippen molar-refractivity contribution < 1.29 is 5.11 Å². The second kappa shape index (κ2) is 7.00. The Hall–Kier alpha value is -1.56. The normalized spacial score (nSPS) is 11.6. The summed E-state index contributed by atoms with van der Waals surface area (Å²) in [4.78, 5) is 0. The third-order valence-electron chi connectivity index (χ3n) is 2.25. The number of hydrogen-bond donors (Lipinski definition) is 1. The zero-order valence-corrected chi connectivity index (χ0v) is 12.1. The van der Waals surface area contributed by atoms with E-state index in [4.69, 9.17) is 6.42 Å². The Balaban J connectivity index is 0.000000357. The van der Waals surface area contributed by atoms with Crippen molar-refractivity contribution in [3.8, 4) is 12.3 Å². The molecule has 0 amide bonds. The van der Waals surface area contributed by atoms with Crippen molar-refractivity contribution in [3.63, 3.8) is 0 Å². The van der Waals surface area contributed by atoms with Crippen molar-refractivity contribution in [1.82, 2.24) is 0 Å². The summed E-state index contributed by atoms with van der Waals surface area (Å²) < 4.78 is 0. The van der Waals surface area contributed by atoms with Crippen LogP contribution in [-0.2, 0) is 0 Å². The van der Waals surface area contributed by atoms with Crippen LogP contribution in [0.25, 0.3) is 10.8 Å². The molecule has 2 heteroatoms. The first-order chi connectivity index (χ1) is 8.54. The minimum Gasteiger partial charge on any atom is -0.376 e. The molecule has 93 valence electrons. The summed E-state index contributed by atoms with van der Waals surface area (Å²) >= 11 is 0. The minimum atomic E-state index is -0.806. The van der Waals surface area contributed by atoms with E-state index >= 15 is 0 Å². The second-order valence-corrected chi connectivity index (χ2v) is 7.68. The smallest absolute Gasteiger partial charge is 0.140 e. The molecule has 1 N–H and O–H groups in total. The summed E-state index contributed by atoms with van der Waals surface area (Å²) in [6, 6.07) is 13.7. The highest BCUT2D eigenvalue weighted by molar-refractivity contribution is 6.54. The molecule has 0 aromatic heterocycles. The molecule has 1 nitrogen and oxygen atoms in total. The molecule has 2 aromatic carbocycles. The standard InChI is InChI=1S/C13H10O.C3H9Si/c1-2-13(14)12-8-7-10-5-3-4-6-11(10)9-12;1-4(2)3/h1,3-9,13-14H;1-3H3. The molecular weight excluding hydrogens is 236 g/mol. The Morgan fingerprint density at radius 1 is 1.06 bits per heavy atom. The van der Waals surface area contributed by atoms with E-state index in [1.807, 2.05) is 42.5 Å². The lowest BCUT2D eigenvalue weighted by atomic mass is 10.0. The van der Waals surface area contributed by atoms with Crippen LogP contribution in [0.5, 0.6) is 0 Å². The maximum absolute atomic E-state index is 9.45. The lowest BCUT2D eigenvalue weighted by Gasteiger charge is -2.04. The van der Waals surface area contributed by atoms with Gasteiger partial charge in [-0.1, -0.05) is 62.0 Å². The Morgan fingerprint density at radius 2 is 1.61 bits per heavy atom. The average Bonchev–Trinajstić information content (AvgIpc) is 2.36. The van der Waals surface area contributed by atoms with Gasteiger partial charge in [-0.05, 0) is 22.4 Å². The molecule has 0 bridgehead atoms. The van der Waals surface area contributed by atoms with Crippen LogP contribution in [0.4, 0.5) is 0 Å². The van der Waals surface area contributed by atoms with Gasteiger partial charge in [-0.2, -0.15) is 0 Å². The molecule has 1 atom stereocenters. The molecule has 0 fully saturated rings. The van der Waals surface area contributed by atoms with Crippen molar-refractivity contribution in [2.45, 2.75) is 25.7 Å².